The van der Waals surface area contributed by atoms with E-state index in [1.807, 2.05) is 18.2 Å². The zero-order chi connectivity index (χ0) is 11.4. The molecule has 0 N–H and O–H groups in total. The van der Waals surface area contributed by atoms with E-state index >= 15 is 0 Å². The van der Waals surface area contributed by atoms with Crippen molar-refractivity contribution in [3.63, 3.8) is 0 Å². The molecule has 2 aliphatic carbocycles. The molecule has 0 unspecified atom stereocenters. The fraction of sp³-hybridized carbons (Fsp3) is 0.429. The Bertz CT molecular complexity index is 606. The summed E-state index contributed by atoms with van der Waals surface area (Å²) in [5.74, 6) is 1.86. The Labute approximate surface area is 99.5 Å². The minimum absolute atomic E-state index is 0.594. The van der Waals surface area contributed by atoms with Crippen molar-refractivity contribution in [2.45, 2.75) is 37.6 Å². The lowest BCUT2D eigenvalue weighted by Crippen LogP contribution is -2.01. The maximum absolute atomic E-state index is 11.2. The van der Waals surface area contributed by atoms with Gasteiger partial charge in [0.15, 0.2) is 6.29 Å². The van der Waals surface area contributed by atoms with Gasteiger partial charge in [-0.25, -0.2) is 4.98 Å². The molecule has 3 nitrogen and oxygen atoms in total. The Morgan fingerprint density at radius 1 is 1.24 bits per heavy atom. The number of hydrogen-bond acceptors (Lipinski definition) is 2. The van der Waals surface area contributed by atoms with Crippen molar-refractivity contribution < 1.29 is 4.79 Å². The van der Waals surface area contributed by atoms with Gasteiger partial charge >= 0.3 is 0 Å². The first-order chi connectivity index (χ1) is 8.38. The highest BCUT2D eigenvalue weighted by molar-refractivity contribution is 5.95. The van der Waals surface area contributed by atoms with Gasteiger partial charge in [-0.15, -0.1) is 0 Å². The third-order valence-electron chi connectivity index (χ3n) is 3.75. The number of rotatable bonds is 3. The number of imidazole rings is 1. The zero-order valence-corrected chi connectivity index (χ0v) is 9.60. The molecule has 0 atom stereocenters. The van der Waals surface area contributed by atoms with E-state index in [-0.39, 0.29) is 0 Å². The molecule has 0 saturated heterocycles. The number of benzene rings is 1. The summed E-state index contributed by atoms with van der Waals surface area (Å²) in [6.07, 6.45) is 5.94. The summed E-state index contributed by atoms with van der Waals surface area (Å²) in [7, 11) is 0. The summed E-state index contributed by atoms with van der Waals surface area (Å²) in [6, 6.07) is 6.43. The number of aldehydes is 1. The summed E-state index contributed by atoms with van der Waals surface area (Å²) in [5.41, 5.74) is 2.84. The molecule has 0 spiro atoms. The van der Waals surface area contributed by atoms with Crippen LogP contribution < -0.4 is 0 Å². The molecule has 2 aliphatic rings. The van der Waals surface area contributed by atoms with E-state index in [1.54, 1.807) is 0 Å². The van der Waals surface area contributed by atoms with E-state index in [1.165, 1.54) is 31.5 Å². The predicted octanol–water partition coefficient (Wildman–Crippen LogP) is 3.06. The summed E-state index contributed by atoms with van der Waals surface area (Å²) in [6.45, 7) is 0. The lowest BCUT2D eigenvalue weighted by Gasteiger charge is -2.07. The van der Waals surface area contributed by atoms with E-state index < -0.39 is 0 Å². The third-order valence-corrected chi connectivity index (χ3v) is 3.75. The molecule has 1 heterocycles. The molecule has 0 amide bonds. The number of hydrogen-bond donors (Lipinski definition) is 0. The lowest BCUT2D eigenvalue weighted by atomic mass is 10.2. The summed E-state index contributed by atoms with van der Waals surface area (Å²) in [5, 5.41) is 0. The van der Waals surface area contributed by atoms with Crippen LogP contribution in [0.4, 0.5) is 0 Å². The lowest BCUT2D eigenvalue weighted by molar-refractivity contribution is 0.112. The maximum Gasteiger partial charge on any atom is 0.152 e. The quantitative estimate of drug-likeness (QED) is 0.754. The number of para-hydroxylation sites is 1. The van der Waals surface area contributed by atoms with Crippen LogP contribution >= 0.6 is 0 Å². The molecule has 0 radical (unpaired) electrons. The Balaban J connectivity index is 2.06. The monoisotopic (exact) mass is 226 g/mol. The van der Waals surface area contributed by atoms with Gasteiger partial charge in [0.25, 0.3) is 0 Å². The van der Waals surface area contributed by atoms with E-state index in [4.69, 9.17) is 4.98 Å². The summed E-state index contributed by atoms with van der Waals surface area (Å²) in [4.78, 5) is 15.9. The van der Waals surface area contributed by atoms with Crippen LogP contribution in [0.5, 0.6) is 0 Å². The average Bonchev–Trinajstić information content (AvgIpc) is 3.24. The van der Waals surface area contributed by atoms with E-state index in [0.717, 1.165) is 22.9 Å². The number of fused-ring (bicyclic) bond motifs is 1. The van der Waals surface area contributed by atoms with Crippen LogP contribution in [-0.2, 0) is 0 Å². The van der Waals surface area contributed by atoms with Crippen LogP contribution in [0.1, 0.15) is 53.8 Å². The van der Waals surface area contributed by atoms with E-state index in [2.05, 4.69) is 4.57 Å². The number of carbonyl (C=O) groups is 1. The molecule has 86 valence electrons. The summed E-state index contributed by atoms with van der Waals surface area (Å²) < 4.78 is 2.34. The van der Waals surface area contributed by atoms with Gasteiger partial charge in [0.1, 0.15) is 5.82 Å². The molecular weight excluding hydrogens is 212 g/mol. The average molecular weight is 226 g/mol. The van der Waals surface area contributed by atoms with Gasteiger partial charge in [0.05, 0.1) is 11.0 Å². The van der Waals surface area contributed by atoms with Crippen LogP contribution in [-0.4, -0.2) is 15.8 Å². The Kier molecular flexibility index (Phi) is 1.76. The standard InChI is InChI=1S/C14H14N2O/c17-8-10-2-1-3-12-13(10)16(11-6-7-11)14(15-12)9-4-5-9/h1-3,8-9,11H,4-7H2. The first-order valence-corrected chi connectivity index (χ1v) is 6.34. The van der Waals surface area contributed by atoms with E-state index in [9.17, 15) is 4.79 Å². The molecule has 0 aliphatic heterocycles. The van der Waals surface area contributed by atoms with Crippen molar-refractivity contribution in [2.75, 3.05) is 0 Å². The molecule has 2 fully saturated rings. The van der Waals surface area contributed by atoms with Gasteiger partial charge < -0.3 is 4.57 Å². The topological polar surface area (TPSA) is 34.9 Å². The second kappa shape index (κ2) is 3.19. The molecule has 3 heteroatoms. The molecule has 2 aromatic rings. The largest absolute Gasteiger partial charge is 0.324 e. The fourth-order valence-corrected chi connectivity index (χ4v) is 2.62. The second-order valence-electron chi connectivity index (χ2n) is 5.18. The molecule has 1 aromatic carbocycles. The van der Waals surface area contributed by atoms with Crippen LogP contribution in [0.3, 0.4) is 0 Å². The Hall–Kier alpha value is -1.64. The van der Waals surface area contributed by atoms with Crippen molar-refractivity contribution in [3.8, 4) is 0 Å². The normalized spacial score (nSPS) is 19.8. The molecular formula is C14H14N2O. The smallest absolute Gasteiger partial charge is 0.152 e. The molecule has 2 saturated carbocycles. The Morgan fingerprint density at radius 2 is 2.06 bits per heavy atom. The van der Waals surface area contributed by atoms with Crippen LogP contribution in [0.25, 0.3) is 11.0 Å². The van der Waals surface area contributed by atoms with Crippen molar-refractivity contribution in [2.24, 2.45) is 0 Å². The molecule has 4 rings (SSSR count). The predicted molar refractivity (Wildman–Crippen MR) is 65.4 cm³/mol. The van der Waals surface area contributed by atoms with Crippen molar-refractivity contribution in [1.29, 1.82) is 0 Å². The molecule has 1 aromatic heterocycles. The van der Waals surface area contributed by atoms with Crippen LogP contribution in [0, 0.1) is 0 Å². The molecule has 0 bridgehead atoms. The first-order valence-electron chi connectivity index (χ1n) is 6.34. The van der Waals surface area contributed by atoms with Gasteiger partial charge in [-0.2, -0.15) is 0 Å². The molecule has 17 heavy (non-hydrogen) atoms. The van der Waals surface area contributed by atoms with Gasteiger partial charge in [0.2, 0.25) is 0 Å². The number of carbonyl (C=O) groups excluding carboxylic acids is 1. The maximum atomic E-state index is 11.2. The van der Waals surface area contributed by atoms with Crippen LogP contribution in [0.15, 0.2) is 18.2 Å². The highest BCUT2D eigenvalue weighted by Crippen LogP contribution is 2.46. The van der Waals surface area contributed by atoms with Gasteiger partial charge in [-0.1, -0.05) is 6.07 Å². The van der Waals surface area contributed by atoms with Gasteiger partial charge in [-0.05, 0) is 37.8 Å². The number of aromatic nitrogens is 2. The summed E-state index contributed by atoms with van der Waals surface area (Å²) >= 11 is 0. The highest BCUT2D eigenvalue weighted by Gasteiger charge is 2.35. The third kappa shape index (κ3) is 1.35. The minimum Gasteiger partial charge on any atom is -0.324 e. The van der Waals surface area contributed by atoms with Crippen molar-refractivity contribution in [3.05, 3.63) is 29.6 Å². The first kappa shape index (κ1) is 9.40. The van der Waals surface area contributed by atoms with Crippen molar-refractivity contribution >= 4 is 17.3 Å². The van der Waals surface area contributed by atoms with Gasteiger partial charge in [-0.3, -0.25) is 4.79 Å². The van der Waals surface area contributed by atoms with Crippen molar-refractivity contribution in [1.82, 2.24) is 9.55 Å². The van der Waals surface area contributed by atoms with Crippen LogP contribution in [0.2, 0.25) is 0 Å². The number of nitrogens with zero attached hydrogens (tertiary/aromatic N) is 2. The van der Waals surface area contributed by atoms with Gasteiger partial charge in [0, 0.05) is 17.5 Å². The second-order valence-corrected chi connectivity index (χ2v) is 5.18. The Morgan fingerprint density at radius 3 is 2.71 bits per heavy atom. The SMILES string of the molecule is O=Cc1cccc2nc(C3CC3)n(C3CC3)c12. The highest BCUT2D eigenvalue weighted by atomic mass is 16.1. The zero-order valence-electron chi connectivity index (χ0n) is 9.60. The van der Waals surface area contributed by atoms with E-state index in [0.29, 0.717) is 12.0 Å². The minimum atomic E-state index is 0.594. The fourth-order valence-electron chi connectivity index (χ4n) is 2.62.